The molecule has 0 atom stereocenters. The summed E-state index contributed by atoms with van der Waals surface area (Å²) in [6, 6.07) is 5.97. The van der Waals surface area contributed by atoms with Crippen LogP contribution < -0.4 is 10.5 Å². The van der Waals surface area contributed by atoms with Crippen LogP contribution in [0.5, 0.6) is 5.75 Å². The zero-order valence-electron chi connectivity index (χ0n) is 9.28. The van der Waals surface area contributed by atoms with E-state index in [0.29, 0.717) is 5.75 Å². The molecule has 0 saturated heterocycles. The Kier molecular flexibility index (Phi) is 2.90. The number of methoxy groups -OCH3 is 1. The third-order valence-corrected chi connectivity index (χ3v) is 2.37. The van der Waals surface area contributed by atoms with Gasteiger partial charge in [0.25, 0.3) is 0 Å². The number of nitrogens with two attached hydrogens (primary N) is 1. The normalized spacial score (nSPS) is 11.6. The Hall–Kier alpha value is -2.18. The number of hydrogen-bond acceptors (Lipinski definition) is 4. The molecule has 0 radical (unpaired) electrons. The van der Waals surface area contributed by atoms with Gasteiger partial charge in [-0.05, 0) is 17.7 Å². The van der Waals surface area contributed by atoms with E-state index in [4.69, 9.17) is 10.5 Å². The van der Waals surface area contributed by atoms with Gasteiger partial charge in [0, 0.05) is 0 Å². The molecule has 0 aliphatic carbocycles. The molecule has 18 heavy (non-hydrogen) atoms. The monoisotopic (exact) mass is 258 g/mol. The molecule has 0 aliphatic heterocycles. The minimum absolute atomic E-state index is 0.259. The maximum absolute atomic E-state index is 12.7. The number of halogens is 3. The first-order valence-corrected chi connectivity index (χ1v) is 4.90. The maximum Gasteiger partial charge on any atom is 0.437 e. The zero-order chi connectivity index (χ0) is 13.3. The Morgan fingerprint density at radius 2 is 1.83 bits per heavy atom. The second-order valence-corrected chi connectivity index (χ2v) is 3.50. The molecular weight excluding hydrogens is 249 g/mol. The first kappa shape index (κ1) is 12.3. The molecule has 2 rings (SSSR count). The van der Waals surface area contributed by atoms with Crippen molar-refractivity contribution < 1.29 is 22.4 Å². The SMILES string of the molecule is COc1ccc(-c2c(C(F)(F)F)noc2N)cc1. The molecular formula is C11H9F3N2O2. The first-order chi connectivity index (χ1) is 8.43. The Labute approximate surface area is 100 Å². The maximum atomic E-state index is 12.7. The number of ether oxygens (including phenoxy) is 1. The van der Waals surface area contributed by atoms with Crippen LogP contribution in [0.25, 0.3) is 11.1 Å². The van der Waals surface area contributed by atoms with Gasteiger partial charge in [-0.15, -0.1) is 0 Å². The fourth-order valence-corrected chi connectivity index (χ4v) is 1.53. The highest BCUT2D eigenvalue weighted by Gasteiger charge is 2.39. The van der Waals surface area contributed by atoms with Crippen LogP contribution in [0, 0.1) is 0 Å². The van der Waals surface area contributed by atoms with Crippen molar-refractivity contribution in [3.8, 4) is 16.9 Å². The Bertz CT molecular complexity index is 546. The van der Waals surface area contributed by atoms with Crippen molar-refractivity contribution in [1.82, 2.24) is 5.16 Å². The molecule has 0 unspecified atom stereocenters. The van der Waals surface area contributed by atoms with Gasteiger partial charge < -0.3 is 15.0 Å². The van der Waals surface area contributed by atoms with Gasteiger partial charge in [0.1, 0.15) is 5.75 Å². The number of aromatic nitrogens is 1. The molecule has 0 aliphatic rings. The summed E-state index contributed by atoms with van der Waals surface area (Å²) in [5.74, 6) is 0.162. The number of benzene rings is 1. The summed E-state index contributed by atoms with van der Waals surface area (Å²) < 4.78 is 47.4. The summed E-state index contributed by atoms with van der Waals surface area (Å²) in [6.07, 6.45) is -4.61. The van der Waals surface area contributed by atoms with Crippen molar-refractivity contribution in [3.63, 3.8) is 0 Å². The van der Waals surface area contributed by atoms with Gasteiger partial charge in [0.2, 0.25) is 5.88 Å². The predicted octanol–water partition coefficient (Wildman–Crippen LogP) is 2.95. The van der Waals surface area contributed by atoms with Gasteiger partial charge in [0.05, 0.1) is 12.7 Å². The smallest absolute Gasteiger partial charge is 0.437 e. The van der Waals surface area contributed by atoms with Gasteiger partial charge in [0.15, 0.2) is 5.69 Å². The van der Waals surface area contributed by atoms with Gasteiger partial charge in [-0.3, -0.25) is 0 Å². The zero-order valence-corrected chi connectivity index (χ0v) is 9.28. The van der Waals surface area contributed by atoms with E-state index in [9.17, 15) is 13.2 Å². The molecule has 1 aromatic heterocycles. The molecule has 0 saturated carbocycles. The minimum Gasteiger partial charge on any atom is -0.497 e. The Morgan fingerprint density at radius 3 is 2.33 bits per heavy atom. The Balaban J connectivity index is 2.52. The molecule has 4 nitrogen and oxygen atoms in total. The molecule has 1 aromatic carbocycles. The minimum atomic E-state index is -4.61. The third-order valence-electron chi connectivity index (χ3n) is 2.37. The van der Waals surface area contributed by atoms with E-state index in [1.54, 1.807) is 0 Å². The van der Waals surface area contributed by atoms with Gasteiger partial charge >= 0.3 is 6.18 Å². The van der Waals surface area contributed by atoms with Gasteiger partial charge in [-0.2, -0.15) is 13.2 Å². The van der Waals surface area contributed by atoms with Crippen LogP contribution >= 0.6 is 0 Å². The summed E-state index contributed by atoms with van der Waals surface area (Å²) in [5.41, 5.74) is 4.25. The Morgan fingerprint density at radius 1 is 1.22 bits per heavy atom. The lowest BCUT2D eigenvalue weighted by molar-refractivity contribution is -0.142. The highest BCUT2D eigenvalue weighted by Crippen LogP contribution is 2.39. The summed E-state index contributed by atoms with van der Waals surface area (Å²) >= 11 is 0. The van der Waals surface area contributed by atoms with E-state index >= 15 is 0 Å². The van der Waals surface area contributed by atoms with Crippen molar-refractivity contribution in [3.05, 3.63) is 30.0 Å². The standard InChI is InChI=1S/C11H9F3N2O2/c1-17-7-4-2-6(3-5-7)8-9(11(12,13)14)16-18-10(8)15/h2-5H,15H2,1H3. The first-order valence-electron chi connectivity index (χ1n) is 4.90. The van der Waals surface area contributed by atoms with Crippen molar-refractivity contribution in [2.45, 2.75) is 6.18 Å². The van der Waals surface area contributed by atoms with E-state index < -0.39 is 11.9 Å². The molecule has 1 heterocycles. The average Bonchev–Trinajstić information content (AvgIpc) is 2.71. The van der Waals surface area contributed by atoms with Crippen molar-refractivity contribution in [1.29, 1.82) is 0 Å². The number of nitrogens with zero attached hydrogens (tertiary/aromatic N) is 1. The second-order valence-electron chi connectivity index (χ2n) is 3.50. The average molecular weight is 258 g/mol. The van der Waals surface area contributed by atoms with E-state index in [0.717, 1.165) is 0 Å². The number of nitrogen functional groups attached to an aromatic ring is 1. The largest absolute Gasteiger partial charge is 0.497 e. The van der Waals surface area contributed by atoms with Crippen LogP contribution in [-0.2, 0) is 6.18 Å². The van der Waals surface area contributed by atoms with Crippen LogP contribution in [0.3, 0.4) is 0 Å². The van der Waals surface area contributed by atoms with Gasteiger partial charge in [-0.25, -0.2) is 0 Å². The molecule has 0 fully saturated rings. The quantitative estimate of drug-likeness (QED) is 0.899. The lowest BCUT2D eigenvalue weighted by atomic mass is 10.1. The van der Waals surface area contributed by atoms with Crippen LogP contribution in [0.2, 0.25) is 0 Å². The topological polar surface area (TPSA) is 61.3 Å². The summed E-state index contributed by atoms with van der Waals surface area (Å²) in [7, 11) is 1.46. The number of rotatable bonds is 2. The van der Waals surface area contributed by atoms with Crippen molar-refractivity contribution >= 4 is 5.88 Å². The van der Waals surface area contributed by atoms with Crippen LogP contribution in [0.15, 0.2) is 28.8 Å². The molecule has 7 heteroatoms. The van der Waals surface area contributed by atoms with Crippen LogP contribution in [0.4, 0.5) is 19.1 Å². The number of anilines is 1. The molecule has 0 spiro atoms. The van der Waals surface area contributed by atoms with Crippen LogP contribution in [-0.4, -0.2) is 12.3 Å². The fourth-order valence-electron chi connectivity index (χ4n) is 1.53. The predicted molar refractivity (Wildman–Crippen MR) is 57.9 cm³/mol. The number of hydrogen-bond donors (Lipinski definition) is 1. The van der Waals surface area contributed by atoms with E-state index in [-0.39, 0.29) is 17.0 Å². The number of alkyl halides is 3. The molecule has 2 aromatic rings. The van der Waals surface area contributed by atoms with Crippen molar-refractivity contribution in [2.75, 3.05) is 12.8 Å². The van der Waals surface area contributed by atoms with E-state index in [1.165, 1.54) is 31.4 Å². The second kappa shape index (κ2) is 4.25. The fraction of sp³-hybridized carbons (Fsp3) is 0.182. The van der Waals surface area contributed by atoms with E-state index in [1.807, 2.05) is 0 Å². The van der Waals surface area contributed by atoms with Gasteiger partial charge in [-0.1, -0.05) is 17.3 Å². The molecule has 0 amide bonds. The lowest BCUT2D eigenvalue weighted by Gasteiger charge is -2.06. The highest BCUT2D eigenvalue weighted by atomic mass is 19.4. The van der Waals surface area contributed by atoms with E-state index in [2.05, 4.69) is 9.68 Å². The summed E-state index contributed by atoms with van der Waals surface area (Å²) in [5, 5.41) is 2.95. The molecule has 96 valence electrons. The van der Waals surface area contributed by atoms with Crippen molar-refractivity contribution in [2.24, 2.45) is 0 Å². The summed E-state index contributed by atoms with van der Waals surface area (Å²) in [6.45, 7) is 0. The molecule has 2 N–H and O–H groups in total. The van der Waals surface area contributed by atoms with Crippen LogP contribution in [0.1, 0.15) is 5.69 Å². The lowest BCUT2D eigenvalue weighted by Crippen LogP contribution is -2.07. The third kappa shape index (κ3) is 2.11. The molecule has 0 bridgehead atoms. The summed E-state index contributed by atoms with van der Waals surface area (Å²) in [4.78, 5) is 0. The highest BCUT2D eigenvalue weighted by molar-refractivity contribution is 5.75.